The van der Waals surface area contributed by atoms with Crippen LogP contribution in [0.4, 0.5) is 0 Å². The van der Waals surface area contributed by atoms with Crippen molar-refractivity contribution in [2.45, 2.75) is 29.7 Å². The van der Waals surface area contributed by atoms with Crippen molar-refractivity contribution >= 4 is 10.0 Å². The summed E-state index contributed by atoms with van der Waals surface area (Å²) >= 11 is 0. The van der Waals surface area contributed by atoms with E-state index in [0.29, 0.717) is 29.9 Å². The molecule has 10 heteroatoms. The van der Waals surface area contributed by atoms with E-state index >= 15 is 0 Å². The fourth-order valence-corrected chi connectivity index (χ4v) is 6.95. The summed E-state index contributed by atoms with van der Waals surface area (Å²) in [4.78, 5) is 2.50. The molecular weight excluding hydrogens is 492 g/mol. The van der Waals surface area contributed by atoms with Gasteiger partial charge in [-0.25, -0.2) is 13.1 Å². The molecule has 37 heavy (non-hydrogen) atoms. The number of fused-ring (bicyclic) bond motifs is 3. The molecule has 3 saturated heterocycles. The van der Waals surface area contributed by atoms with E-state index in [9.17, 15) is 8.42 Å². The first-order chi connectivity index (χ1) is 17.8. The summed E-state index contributed by atoms with van der Waals surface area (Å²) < 4.78 is 46.9. The molecule has 1 unspecified atom stereocenters. The summed E-state index contributed by atoms with van der Waals surface area (Å²) in [6.07, 6.45) is 2.03. The van der Waals surface area contributed by atoms with Crippen LogP contribution >= 0.6 is 0 Å². The van der Waals surface area contributed by atoms with Crippen LogP contribution in [0.25, 0.3) is 11.3 Å². The maximum absolute atomic E-state index is 13.2. The maximum atomic E-state index is 13.2. The molecular formula is C27H34N4O5S. The average molecular weight is 527 g/mol. The zero-order chi connectivity index (χ0) is 26.2. The lowest BCUT2D eigenvalue weighted by Crippen LogP contribution is -2.56. The zero-order valence-electron chi connectivity index (χ0n) is 21.7. The van der Waals surface area contributed by atoms with Gasteiger partial charge in [0, 0.05) is 49.4 Å². The van der Waals surface area contributed by atoms with Crippen LogP contribution in [0.2, 0.25) is 0 Å². The lowest BCUT2D eigenvalue weighted by atomic mass is 9.74. The van der Waals surface area contributed by atoms with E-state index in [-0.39, 0.29) is 10.9 Å². The van der Waals surface area contributed by atoms with E-state index in [1.165, 1.54) is 26.0 Å². The number of nitrogens with zero attached hydrogens (tertiary/aromatic N) is 3. The highest BCUT2D eigenvalue weighted by atomic mass is 32.2. The largest absolute Gasteiger partial charge is 0.497 e. The molecule has 6 rings (SSSR count). The molecule has 0 radical (unpaired) electrons. The SMILES string of the molecule is COc1ccc(-c2cc([C@H]3CN4CC[C@H]3C[C@@H]4CNS(=O)(=O)c3cc(OC)ccc3OC)n(C)n2)cc1. The summed E-state index contributed by atoms with van der Waals surface area (Å²) in [5.74, 6) is 2.43. The van der Waals surface area contributed by atoms with Gasteiger partial charge >= 0.3 is 0 Å². The Balaban J connectivity index is 1.28. The molecule has 1 N–H and O–H groups in total. The quantitative estimate of drug-likeness (QED) is 0.457. The molecule has 2 bridgehead atoms. The first kappa shape index (κ1) is 25.6. The van der Waals surface area contributed by atoms with Gasteiger partial charge in [0.05, 0.1) is 27.0 Å². The number of aromatic nitrogens is 2. The van der Waals surface area contributed by atoms with E-state index in [4.69, 9.17) is 19.3 Å². The van der Waals surface area contributed by atoms with Crippen molar-refractivity contribution in [3.8, 4) is 28.5 Å². The molecule has 4 heterocycles. The minimum absolute atomic E-state index is 0.0872. The number of hydrogen-bond acceptors (Lipinski definition) is 7. The fraction of sp³-hybridized carbons (Fsp3) is 0.444. The predicted molar refractivity (Wildman–Crippen MR) is 141 cm³/mol. The van der Waals surface area contributed by atoms with Gasteiger partial charge in [-0.15, -0.1) is 0 Å². The number of nitrogens with one attached hydrogen (secondary N) is 1. The molecule has 3 aliphatic rings. The molecule has 3 fully saturated rings. The Morgan fingerprint density at radius 1 is 1.00 bits per heavy atom. The Morgan fingerprint density at radius 3 is 2.38 bits per heavy atom. The van der Waals surface area contributed by atoms with Crippen LogP contribution in [0.3, 0.4) is 0 Å². The van der Waals surface area contributed by atoms with E-state index in [2.05, 4.69) is 15.7 Å². The molecule has 3 aliphatic heterocycles. The summed E-state index contributed by atoms with van der Waals surface area (Å²) in [6.45, 7) is 2.22. The third-order valence-electron chi connectivity index (χ3n) is 7.73. The highest BCUT2D eigenvalue weighted by molar-refractivity contribution is 7.89. The molecule has 3 aromatic rings. The normalized spacial score (nSPS) is 23.1. The fourth-order valence-electron chi connectivity index (χ4n) is 5.69. The van der Waals surface area contributed by atoms with Crippen LogP contribution in [-0.4, -0.2) is 70.1 Å². The number of ether oxygens (including phenoxy) is 3. The first-order valence-electron chi connectivity index (χ1n) is 12.5. The van der Waals surface area contributed by atoms with Gasteiger partial charge in [-0.1, -0.05) is 0 Å². The minimum Gasteiger partial charge on any atom is -0.497 e. The van der Waals surface area contributed by atoms with Crippen molar-refractivity contribution in [1.29, 1.82) is 0 Å². The number of benzene rings is 2. The van der Waals surface area contributed by atoms with E-state index < -0.39 is 10.0 Å². The van der Waals surface area contributed by atoms with E-state index in [1.807, 2.05) is 36.0 Å². The Morgan fingerprint density at radius 2 is 1.73 bits per heavy atom. The molecule has 2 aromatic carbocycles. The van der Waals surface area contributed by atoms with Crippen LogP contribution < -0.4 is 18.9 Å². The van der Waals surface area contributed by atoms with E-state index in [0.717, 1.165) is 42.9 Å². The zero-order valence-corrected chi connectivity index (χ0v) is 22.5. The lowest BCUT2D eigenvalue weighted by Gasteiger charge is -2.49. The molecule has 0 aliphatic carbocycles. The van der Waals surface area contributed by atoms with Crippen LogP contribution in [-0.2, 0) is 17.1 Å². The summed E-state index contributed by atoms with van der Waals surface area (Å²) in [7, 11) is 2.88. The summed E-state index contributed by atoms with van der Waals surface area (Å²) in [5.41, 5.74) is 3.23. The highest BCUT2D eigenvalue weighted by Gasteiger charge is 2.42. The second-order valence-corrected chi connectivity index (χ2v) is 11.5. The average Bonchev–Trinajstić information content (AvgIpc) is 3.33. The van der Waals surface area contributed by atoms with Gasteiger partial charge in [0.15, 0.2) is 0 Å². The summed E-state index contributed by atoms with van der Waals surface area (Å²) in [5, 5.41) is 4.79. The smallest absolute Gasteiger partial charge is 0.244 e. The molecule has 0 amide bonds. The Labute approximate surface area is 218 Å². The van der Waals surface area contributed by atoms with Gasteiger partial charge in [0.1, 0.15) is 22.1 Å². The Kier molecular flexibility index (Phi) is 7.15. The molecule has 0 spiro atoms. The van der Waals surface area contributed by atoms with Gasteiger partial charge < -0.3 is 14.2 Å². The molecule has 1 aromatic heterocycles. The number of piperidine rings is 3. The monoisotopic (exact) mass is 526 g/mol. The van der Waals surface area contributed by atoms with Crippen molar-refractivity contribution in [2.75, 3.05) is 41.0 Å². The highest BCUT2D eigenvalue weighted by Crippen LogP contribution is 2.42. The Hall–Kier alpha value is -3.08. The van der Waals surface area contributed by atoms with Crippen molar-refractivity contribution in [3.05, 3.63) is 54.2 Å². The van der Waals surface area contributed by atoms with Crippen LogP contribution in [0, 0.1) is 5.92 Å². The van der Waals surface area contributed by atoms with Crippen molar-refractivity contribution in [3.63, 3.8) is 0 Å². The van der Waals surface area contributed by atoms with Gasteiger partial charge in [0.25, 0.3) is 0 Å². The van der Waals surface area contributed by atoms with Crippen LogP contribution in [0.1, 0.15) is 24.5 Å². The van der Waals surface area contributed by atoms with Gasteiger partial charge in [-0.3, -0.25) is 9.58 Å². The topological polar surface area (TPSA) is 94.9 Å². The van der Waals surface area contributed by atoms with Gasteiger partial charge in [-0.05, 0) is 67.8 Å². The van der Waals surface area contributed by atoms with Crippen LogP contribution in [0.5, 0.6) is 17.2 Å². The van der Waals surface area contributed by atoms with E-state index in [1.54, 1.807) is 19.2 Å². The number of rotatable bonds is 9. The minimum atomic E-state index is -3.76. The molecule has 9 nitrogen and oxygen atoms in total. The maximum Gasteiger partial charge on any atom is 0.244 e. The van der Waals surface area contributed by atoms with Gasteiger partial charge in [-0.2, -0.15) is 5.10 Å². The lowest BCUT2D eigenvalue weighted by molar-refractivity contribution is 0.0306. The predicted octanol–water partition coefficient (Wildman–Crippen LogP) is 3.27. The molecule has 0 saturated carbocycles. The number of sulfonamides is 1. The third-order valence-corrected chi connectivity index (χ3v) is 9.17. The summed E-state index contributed by atoms with van der Waals surface area (Å²) in [6, 6.07) is 15.1. The molecule has 4 atom stereocenters. The Bertz CT molecular complexity index is 1360. The second kappa shape index (κ2) is 10.4. The van der Waals surface area contributed by atoms with Crippen molar-refractivity contribution < 1.29 is 22.6 Å². The number of aryl methyl sites for hydroxylation is 1. The number of hydrogen-bond donors (Lipinski definition) is 1. The second-order valence-electron chi connectivity index (χ2n) is 9.71. The number of methoxy groups -OCH3 is 3. The van der Waals surface area contributed by atoms with Crippen LogP contribution in [0.15, 0.2) is 53.4 Å². The third kappa shape index (κ3) is 5.05. The molecule has 198 valence electrons. The van der Waals surface area contributed by atoms with Crippen molar-refractivity contribution in [1.82, 2.24) is 19.4 Å². The van der Waals surface area contributed by atoms with Gasteiger partial charge in [0.2, 0.25) is 10.0 Å². The van der Waals surface area contributed by atoms with Crippen molar-refractivity contribution in [2.24, 2.45) is 13.0 Å². The first-order valence-corrected chi connectivity index (χ1v) is 14.0. The standard InChI is InChI=1S/C27H34N4O5S/c1-30-25(15-24(29-30)18-5-7-21(34-2)8-6-18)23-17-31-12-11-19(23)13-20(31)16-28-37(32,33)27-14-22(35-3)9-10-26(27)36-4/h5-10,14-15,19-20,23,28H,11-13,16-17H2,1-4H3/t19-,20+,23-/m0/s1.